The zero-order chi connectivity index (χ0) is 34.5. The zero-order valence-corrected chi connectivity index (χ0v) is 28.2. The van der Waals surface area contributed by atoms with Crippen LogP contribution in [0.3, 0.4) is 0 Å². The molecule has 11 nitrogen and oxygen atoms in total. The predicted octanol–water partition coefficient (Wildman–Crippen LogP) is 5.08. The Morgan fingerprint density at radius 1 is 0.592 bits per heavy atom. The number of imidazole rings is 1. The van der Waals surface area contributed by atoms with E-state index in [9.17, 15) is 21.9 Å². The highest BCUT2D eigenvalue weighted by Crippen LogP contribution is 2.32. The largest absolute Gasteiger partial charge is 0.394 e. The number of hydrogen-bond donors (Lipinski definition) is 2. The van der Waals surface area contributed by atoms with Crippen molar-refractivity contribution < 1.29 is 39.8 Å². The Morgan fingerprint density at radius 2 is 1.04 bits per heavy atom. The van der Waals surface area contributed by atoms with Gasteiger partial charge in [-0.25, -0.2) is 4.98 Å². The lowest BCUT2D eigenvalue weighted by molar-refractivity contribution is -0.147. The second-order valence-corrected chi connectivity index (χ2v) is 14.4. The summed E-state index contributed by atoms with van der Waals surface area (Å²) in [5.41, 5.74) is 2.73. The SMILES string of the molecule is O=S(=O)(Cc1ccccc1)O[C@@H]([C@H](OCc1ccccc1)[C@H](CO)OS(=O)(=O)Cc1ccccc1)[C@H](OCc1ccccc1)c1cnc[nH]1. The highest BCUT2D eigenvalue weighted by atomic mass is 32.2. The van der Waals surface area contributed by atoms with Crippen molar-refractivity contribution >= 4 is 20.2 Å². The molecule has 0 aliphatic heterocycles. The van der Waals surface area contributed by atoms with E-state index in [0.717, 1.165) is 5.56 Å². The zero-order valence-electron chi connectivity index (χ0n) is 26.5. The summed E-state index contributed by atoms with van der Waals surface area (Å²) in [7, 11) is -8.74. The van der Waals surface area contributed by atoms with Crippen LogP contribution in [0.5, 0.6) is 0 Å². The van der Waals surface area contributed by atoms with Gasteiger partial charge in [0.2, 0.25) is 0 Å². The molecule has 0 radical (unpaired) electrons. The summed E-state index contributed by atoms with van der Waals surface area (Å²) in [6, 6.07) is 35.1. The number of hydrogen-bond acceptors (Lipinski definition) is 10. The molecule has 0 saturated heterocycles. The van der Waals surface area contributed by atoms with E-state index in [1.807, 2.05) is 36.4 Å². The van der Waals surface area contributed by atoms with Crippen LogP contribution < -0.4 is 0 Å². The topological polar surface area (TPSA) is 154 Å². The molecule has 0 bridgehead atoms. The van der Waals surface area contributed by atoms with Gasteiger partial charge in [-0.2, -0.15) is 16.8 Å². The molecule has 2 N–H and O–H groups in total. The van der Waals surface area contributed by atoms with Crippen molar-refractivity contribution in [2.75, 3.05) is 6.61 Å². The minimum atomic E-state index is -4.40. The first-order valence-electron chi connectivity index (χ1n) is 15.5. The third kappa shape index (κ3) is 11.2. The number of aliphatic hydroxyl groups excluding tert-OH is 1. The van der Waals surface area contributed by atoms with E-state index in [2.05, 4.69) is 9.97 Å². The molecule has 4 aromatic carbocycles. The van der Waals surface area contributed by atoms with Crippen molar-refractivity contribution in [3.63, 3.8) is 0 Å². The van der Waals surface area contributed by atoms with Crippen LogP contribution in [0.2, 0.25) is 0 Å². The average molecular weight is 707 g/mol. The van der Waals surface area contributed by atoms with E-state index in [-0.39, 0.29) is 13.2 Å². The van der Waals surface area contributed by atoms with E-state index >= 15 is 0 Å². The summed E-state index contributed by atoms with van der Waals surface area (Å²) in [6.07, 6.45) is -3.07. The molecule has 0 aliphatic rings. The van der Waals surface area contributed by atoms with Crippen molar-refractivity contribution in [2.24, 2.45) is 0 Å². The van der Waals surface area contributed by atoms with Crippen molar-refractivity contribution in [3.8, 4) is 0 Å². The molecular weight excluding hydrogens is 669 g/mol. The van der Waals surface area contributed by atoms with Crippen LogP contribution in [-0.4, -0.2) is 56.8 Å². The first kappa shape index (κ1) is 36.1. The molecule has 49 heavy (non-hydrogen) atoms. The molecule has 0 unspecified atom stereocenters. The number of rotatable bonds is 19. The Kier molecular flexibility index (Phi) is 12.8. The minimum absolute atomic E-state index is 0.0193. The van der Waals surface area contributed by atoms with Gasteiger partial charge in [0.15, 0.2) is 0 Å². The van der Waals surface area contributed by atoms with E-state index in [4.69, 9.17) is 17.8 Å². The molecule has 1 heterocycles. The number of H-pyrrole nitrogens is 1. The fourth-order valence-corrected chi connectivity index (χ4v) is 7.61. The second kappa shape index (κ2) is 17.4. The van der Waals surface area contributed by atoms with Crippen molar-refractivity contribution in [3.05, 3.63) is 162 Å². The number of aromatic nitrogens is 2. The molecule has 1 aromatic heterocycles. The van der Waals surface area contributed by atoms with Gasteiger partial charge in [0, 0.05) is 0 Å². The quantitative estimate of drug-likeness (QED) is 0.111. The van der Waals surface area contributed by atoms with Crippen molar-refractivity contribution in [2.45, 2.75) is 49.1 Å². The lowest BCUT2D eigenvalue weighted by Gasteiger charge is -2.35. The van der Waals surface area contributed by atoms with E-state index < -0.39 is 62.8 Å². The molecule has 0 amide bonds. The van der Waals surface area contributed by atoms with Crippen LogP contribution in [0.1, 0.15) is 34.1 Å². The van der Waals surface area contributed by atoms with E-state index in [0.29, 0.717) is 22.4 Å². The average Bonchev–Trinajstić information content (AvgIpc) is 3.64. The fourth-order valence-electron chi connectivity index (χ4n) is 5.17. The number of nitrogens with zero attached hydrogens (tertiary/aromatic N) is 1. The Bertz CT molecular complexity index is 1900. The number of benzene rings is 4. The van der Waals surface area contributed by atoms with Crippen LogP contribution in [0, 0.1) is 0 Å². The Hall–Kier alpha value is -4.21. The molecule has 0 saturated carbocycles. The lowest BCUT2D eigenvalue weighted by Crippen LogP contribution is -2.49. The van der Waals surface area contributed by atoms with E-state index in [1.54, 1.807) is 84.9 Å². The van der Waals surface area contributed by atoms with Gasteiger partial charge in [-0.15, -0.1) is 0 Å². The Balaban J connectivity index is 1.56. The molecule has 5 rings (SSSR count). The standard InChI is InChI=1S/C36H38N2O9S2/c39-22-33(46-48(40,41)25-30-17-9-3-10-18-30)35(45-24-29-15-7-2-8-16-29)36(47-49(42,43)26-31-19-11-4-12-20-31)34(32-21-37-27-38-32)44-23-28-13-5-1-6-14-28/h1-21,27,33-36,39H,22-26H2,(H,37,38)/t33-,34+,35+,36+/m0/s1. The van der Waals surface area contributed by atoms with Gasteiger partial charge >= 0.3 is 0 Å². The first-order chi connectivity index (χ1) is 23.7. The number of ether oxygens (including phenoxy) is 2. The summed E-state index contributed by atoms with van der Waals surface area (Å²) < 4.78 is 78.7. The monoisotopic (exact) mass is 706 g/mol. The van der Waals surface area contributed by atoms with E-state index in [1.165, 1.54) is 12.5 Å². The number of aliphatic hydroxyl groups is 1. The van der Waals surface area contributed by atoms with Gasteiger partial charge in [-0.05, 0) is 22.3 Å². The van der Waals surface area contributed by atoms with Crippen LogP contribution in [0.25, 0.3) is 0 Å². The molecule has 258 valence electrons. The molecule has 0 aliphatic carbocycles. The second-order valence-electron chi connectivity index (χ2n) is 11.2. The van der Waals surface area contributed by atoms with Crippen LogP contribution in [0.15, 0.2) is 134 Å². The summed E-state index contributed by atoms with van der Waals surface area (Å²) in [4.78, 5) is 7.08. The third-order valence-corrected chi connectivity index (χ3v) is 9.88. The van der Waals surface area contributed by atoms with Crippen LogP contribution in [0.4, 0.5) is 0 Å². The summed E-state index contributed by atoms with van der Waals surface area (Å²) in [5, 5.41) is 10.7. The molecular formula is C36H38N2O9S2. The Morgan fingerprint density at radius 3 is 1.49 bits per heavy atom. The summed E-state index contributed by atoms with van der Waals surface area (Å²) >= 11 is 0. The van der Waals surface area contributed by atoms with Crippen molar-refractivity contribution in [1.29, 1.82) is 0 Å². The Labute approximate surface area is 286 Å². The third-order valence-electron chi connectivity index (χ3n) is 7.45. The smallest absolute Gasteiger partial charge is 0.271 e. The van der Waals surface area contributed by atoms with Gasteiger partial charge in [0.1, 0.15) is 35.9 Å². The van der Waals surface area contributed by atoms with Gasteiger partial charge in [-0.3, -0.25) is 8.37 Å². The van der Waals surface area contributed by atoms with Crippen molar-refractivity contribution in [1.82, 2.24) is 9.97 Å². The molecule has 5 aromatic rings. The first-order valence-corrected chi connectivity index (χ1v) is 18.7. The number of nitrogens with one attached hydrogen (secondary N) is 1. The highest BCUT2D eigenvalue weighted by Gasteiger charge is 2.44. The highest BCUT2D eigenvalue weighted by molar-refractivity contribution is 7.86. The maximum Gasteiger partial charge on any atom is 0.271 e. The van der Waals surface area contributed by atoms with Crippen LogP contribution in [-0.2, 0) is 62.8 Å². The molecule has 0 spiro atoms. The normalized spacial score (nSPS) is 14.6. The van der Waals surface area contributed by atoms with Crippen LogP contribution >= 0.6 is 0 Å². The van der Waals surface area contributed by atoms with Gasteiger partial charge in [-0.1, -0.05) is 121 Å². The maximum absolute atomic E-state index is 13.8. The molecule has 0 fully saturated rings. The fraction of sp³-hybridized carbons (Fsp3) is 0.250. The molecule has 13 heteroatoms. The van der Waals surface area contributed by atoms with Gasteiger partial charge < -0.3 is 19.6 Å². The minimum Gasteiger partial charge on any atom is -0.394 e. The van der Waals surface area contributed by atoms with Gasteiger partial charge in [0.25, 0.3) is 20.2 Å². The maximum atomic E-state index is 13.8. The van der Waals surface area contributed by atoms with Gasteiger partial charge in [0.05, 0.1) is 38.0 Å². The lowest BCUT2D eigenvalue weighted by atomic mass is 10.0. The summed E-state index contributed by atoms with van der Waals surface area (Å²) in [5.74, 6) is -0.997. The predicted molar refractivity (Wildman–Crippen MR) is 183 cm³/mol. The summed E-state index contributed by atoms with van der Waals surface area (Å²) in [6.45, 7) is -0.941. The molecule has 4 atom stereocenters. The number of aromatic amines is 1.